The van der Waals surface area contributed by atoms with Gasteiger partial charge in [0.1, 0.15) is 17.8 Å². The first kappa shape index (κ1) is 26.0. The van der Waals surface area contributed by atoms with Crippen molar-refractivity contribution in [1.29, 1.82) is 0 Å². The average Bonchev–Trinajstić information content (AvgIpc) is 3.25. The quantitative estimate of drug-likeness (QED) is 0.178. The summed E-state index contributed by atoms with van der Waals surface area (Å²) in [4.78, 5) is 11.1. The smallest absolute Gasteiger partial charge is 0.150 e. The number of aryl methyl sites for hydroxylation is 2. The molecule has 0 heterocycles. The summed E-state index contributed by atoms with van der Waals surface area (Å²) < 4.78 is 7.54. The Balaban J connectivity index is 1.48. The first-order chi connectivity index (χ1) is 20.0. The van der Waals surface area contributed by atoms with Crippen molar-refractivity contribution in [2.45, 2.75) is 44.4 Å². The molecule has 1 unspecified atom stereocenters. The number of halogens is 1. The van der Waals surface area contributed by atoms with Crippen LogP contribution in [0.1, 0.15) is 74.5 Å². The van der Waals surface area contributed by atoms with Gasteiger partial charge in [0.2, 0.25) is 0 Å². The van der Waals surface area contributed by atoms with Crippen LogP contribution in [0.15, 0.2) is 108 Å². The van der Waals surface area contributed by atoms with Gasteiger partial charge in [-0.25, -0.2) is 0 Å². The number of fused-ring (bicyclic) bond motifs is 3. The lowest BCUT2D eigenvalue weighted by atomic mass is 9.66. The maximum absolute atomic E-state index is 11.1. The maximum Gasteiger partial charge on any atom is 0.150 e. The van der Waals surface area contributed by atoms with Gasteiger partial charge in [0.25, 0.3) is 0 Å². The summed E-state index contributed by atoms with van der Waals surface area (Å²) in [6, 6.07) is 36.6. The van der Waals surface area contributed by atoms with Crippen LogP contribution < -0.4 is 4.74 Å². The van der Waals surface area contributed by atoms with Gasteiger partial charge < -0.3 is 4.74 Å². The van der Waals surface area contributed by atoms with E-state index in [0.29, 0.717) is 11.5 Å². The summed E-state index contributed by atoms with van der Waals surface area (Å²) in [5, 5.41) is 0. The number of benzene rings is 5. The largest absolute Gasteiger partial charge is 0.457 e. The SMILES string of the molecule is Cc1cc(C2(c3ccccc3)c3ccccc3-c3c(C4CCC4)cc(Br)cc32)cc(C)c1Oc1ccc(C=O)cc1. The van der Waals surface area contributed by atoms with Gasteiger partial charge in [-0.1, -0.05) is 89.1 Å². The molecule has 1 atom stereocenters. The highest BCUT2D eigenvalue weighted by atomic mass is 79.9. The number of hydrogen-bond acceptors (Lipinski definition) is 2. The Kier molecular flexibility index (Phi) is 6.43. The Morgan fingerprint density at radius 2 is 1.46 bits per heavy atom. The summed E-state index contributed by atoms with van der Waals surface area (Å²) in [6.45, 7) is 4.26. The molecule has 5 aromatic rings. The van der Waals surface area contributed by atoms with E-state index in [-0.39, 0.29) is 0 Å². The van der Waals surface area contributed by atoms with Crippen LogP contribution in [0.2, 0.25) is 0 Å². The molecule has 0 N–H and O–H groups in total. The molecule has 1 fully saturated rings. The van der Waals surface area contributed by atoms with Gasteiger partial charge in [0, 0.05) is 10.0 Å². The van der Waals surface area contributed by atoms with Gasteiger partial charge in [-0.15, -0.1) is 0 Å². The summed E-state index contributed by atoms with van der Waals surface area (Å²) in [5.74, 6) is 2.18. The van der Waals surface area contributed by atoms with Crippen LogP contribution in [0.4, 0.5) is 0 Å². The molecular weight excluding hydrogens is 568 g/mol. The number of carbonyl (C=O) groups is 1. The molecule has 1 saturated carbocycles. The summed E-state index contributed by atoms with van der Waals surface area (Å²) in [7, 11) is 0. The van der Waals surface area contributed by atoms with E-state index in [4.69, 9.17) is 4.74 Å². The van der Waals surface area contributed by atoms with Crippen molar-refractivity contribution in [3.05, 3.63) is 152 Å². The Hall–Kier alpha value is -3.95. The number of rotatable bonds is 6. The van der Waals surface area contributed by atoms with Crippen LogP contribution in [-0.4, -0.2) is 6.29 Å². The van der Waals surface area contributed by atoms with E-state index in [9.17, 15) is 4.79 Å². The molecule has 0 aliphatic heterocycles. The Labute approximate surface area is 250 Å². The molecule has 2 aliphatic rings. The molecule has 3 heteroatoms. The second-order valence-corrected chi connectivity index (χ2v) is 12.4. The van der Waals surface area contributed by atoms with Crippen LogP contribution in [0.5, 0.6) is 11.5 Å². The highest BCUT2D eigenvalue weighted by Gasteiger charge is 2.48. The van der Waals surface area contributed by atoms with Gasteiger partial charge in [-0.05, 0) is 119 Å². The van der Waals surface area contributed by atoms with Crippen LogP contribution in [0, 0.1) is 13.8 Å². The van der Waals surface area contributed by atoms with Crippen molar-refractivity contribution in [1.82, 2.24) is 0 Å². The molecule has 0 aromatic heterocycles. The molecule has 0 amide bonds. The first-order valence-electron chi connectivity index (χ1n) is 14.3. The van der Waals surface area contributed by atoms with Crippen LogP contribution in [0.3, 0.4) is 0 Å². The molecule has 7 rings (SSSR count). The summed E-state index contributed by atoms with van der Waals surface area (Å²) in [6.07, 6.45) is 4.65. The minimum absolute atomic E-state index is 0.463. The molecule has 0 radical (unpaired) electrons. The lowest BCUT2D eigenvalue weighted by Crippen LogP contribution is -2.29. The minimum atomic E-state index is -0.463. The van der Waals surface area contributed by atoms with Gasteiger partial charge >= 0.3 is 0 Å². The third-order valence-electron chi connectivity index (χ3n) is 9.02. The van der Waals surface area contributed by atoms with Crippen molar-refractivity contribution in [3.8, 4) is 22.6 Å². The fourth-order valence-electron chi connectivity index (χ4n) is 6.98. The van der Waals surface area contributed by atoms with E-state index >= 15 is 0 Å². The van der Waals surface area contributed by atoms with Gasteiger partial charge in [0.15, 0.2) is 0 Å². The second kappa shape index (κ2) is 10.2. The average molecular weight is 600 g/mol. The van der Waals surface area contributed by atoms with E-state index in [1.165, 1.54) is 58.2 Å². The standard InChI is InChI=1S/C38H31BrO2/c1-24-19-29(20-25(2)37(24)41-31-17-15-26(23-40)16-18-31)38(28-11-4-3-5-12-28)34-14-7-6-13-32(34)36-33(27-9-8-10-27)21-30(39)22-35(36)38/h3-7,11-23,27H,8-10H2,1-2H3. The zero-order chi connectivity index (χ0) is 28.1. The maximum atomic E-state index is 11.1. The molecule has 202 valence electrons. The number of ether oxygens (including phenoxy) is 1. The zero-order valence-corrected chi connectivity index (χ0v) is 24.9. The highest BCUT2D eigenvalue weighted by Crippen LogP contribution is 2.60. The predicted molar refractivity (Wildman–Crippen MR) is 169 cm³/mol. The van der Waals surface area contributed by atoms with E-state index in [1.807, 2.05) is 12.1 Å². The number of aldehydes is 1. The topological polar surface area (TPSA) is 26.3 Å². The van der Waals surface area contributed by atoms with Gasteiger partial charge in [0.05, 0.1) is 5.41 Å². The van der Waals surface area contributed by atoms with Crippen LogP contribution in [-0.2, 0) is 5.41 Å². The van der Waals surface area contributed by atoms with Crippen molar-refractivity contribution in [2.24, 2.45) is 0 Å². The van der Waals surface area contributed by atoms with E-state index in [2.05, 4.69) is 109 Å². The Morgan fingerprint density at radius 3 is 2.12 bits per heavy atom. The van der Waals surface area contributed by atoms with E-state index in [1.54, 1.807) is 12.1 Å². The molecule has 2 aliphatic carbocycles. The third kappa shape index (κ3) is 4.09. The van der Waals surface area contributed by atoms with Crippen molar-refractivity contribution >= 4 is 22.2 Å². The molecule has 0 saturated heterocycles. The minimum Gasteiger partial charge on any atom is -0.457 e. The molecule has 0 spiro atoms. The monoisotopic (exact) mass is 598 g/mol. The number of carbonyl (C=O) groups excluding carboxylic acids is 1. The fourth-order valence-corrected chi connectivity index (χ4v) is 7.45. The summed E-state index contributed by atoms with van der Waals surface area (Å²) >= 11 is 3.92. The summed E-state index contributed by atoms with van der Waals surface area (Å²) in [5.41, 5.74) is 11.7. The van der Waals surface area contributed by atoms with Gasteiger partial charge in [-0.2, -0.15) is 0 Å². The third-order valence-corrected chi connectivity index (χ3v) is 9.48. The molecule has 5 aromatic carbocycles. The van der Waals surface area contributed by atoms with Crippen molar-refractivity contribution < 1.29 is 9.53 Å². The van der Waals surface area contributed by atoms with Crippen LogP contribution in [0.25, 0.3) is 11.1 Å². The molecule has 0 bridgehead atoms. The molecule has 2 nitrogen and oxygen atoms in total. The Bertz CT molecular complexity index is 1760. The fraction of sp³-hybridized carbons (Fsp3) is 0.184. The first-order valence-corrected chi connectivity index (χ1v) is 15.1. The van der Waals surface area contributed by atoms with Gasteiger partial charge in [-0.3, -0.25) is 4.79 Å². The van der Waals surface area contributed by atoms with E-state index in [0.717, 1.165) is 33.4 Å². The lowest BCUT2D eigenvalue weighted by Gasteiger charge is -2.35. The zero-order valence-electron chi connectivity index (χ0n) is 23.3. The molecule has 41 heavy (non-hydrogen) atoms. The predicted octanol–water partition coefficient (Wildman–Crippen LogP) is 10.3. The van der Waals surface area contributed by atoms with Crippen molar-refractivity contribution in [3.63, 3.8) is 0 Å². The number of hydrogen-bond donors (Lipinski definition) is 0. The van der Waals surface area contributed by atoms with Crippen LogP contribution >= 0.6 is 15.9 Å². The Morgan fingerprint density at radius 1 is 0.780 bits per heavy atom. The highest BCUT2D eigenvalue weighted by molar-refractivity contribution is 9.10. The molecular formula is C38H31BrO2. The normalized spacial score (nSPS) is 17.4. The van der Waals surface area contributed by atoms with E-state index < -0.39 is 5.41 Å². The second-order valence-electron chi connectivity index (χ2n) is 11.4. The lowest BCUT2D eigenvalue weighted by molar-refractivity contribution is 0.112. The van der Waals surface area contributed by atoms with Crippen molar-refractivity contribution in [2.75, 3.05) is 0 Å².